The molecule has 2 aliphatic rings. The van der Waals surface area contributed by atoms with Crippen molar-refractivity contribution in [2.24, 2.45) is 4.99 Å². The fourth-order valence-corrected chi connectivity index (χ4v) is 4.31. The topological polar surface area (TPSA) is 67.1 Å². The molecule has 2 N–H and O–H groups in total. The van der Waals surface area contributed by atoms with Gasteiger partial charge in [-0.3, -0.25) is 4.99 Å². The van der Waals surface area contributed by atoms with E-state index in [0.29, 0.717) is 6.54 Å². The van der Waals surface area contributed by atoms with Crippen molar-refractivity contribution in [2.45, 2.75) is 70.3 Å². The molecular weight excluding hydrogens is 379 g/mol. The van der Waals surface area contributed by atoms with Gasteiger partial charge in [-0.05, 0) is 50.7 Å². The summed E-state index contributed by atoms with van der Waals surface area (Å²) < 4.78 is 16.6. The molecule has 0 atom stereocenters. The van der Waals surface area contributed by atoms with E-state index >= 15 is 0 Å². The van der Waals surface area contributed by atoms with Crippen molar-refractivity contribution >= 4 is 5.96 Å². The summed E-state index contributed by atoms with van der Waals surface area (Å²) in [5, 5.41) is 15.5. The monoisotopic (exact) mass is 412 g/mol. The third-order valence-corrected chi connectivity index (χ3v) is 6.24. The first kappa shape index (κ1) is 20.8. The predicted molar refractivity (Wildman–Crippen MR) is 117 cm³/mol. The summed E-state index contributed by atoms with van der Waals surface area (Å²) >= 11 is 0. The van der Waals surface area contributed by atoms with Gasteiger partial charge >= 0.3 is 0 Å². The number of rotatable bonds is 8. The molecule has 1 aliphatic heterocycles. The van der Waals surface area contributed by atoms with Gasteiger partial charge in [0.25, 0.3) is 0 Å². The summed E-state index contributed by atoms with van der Waals surface area (Å²) in [5.74, 6) is 2.94. The first-order valence-corrected chi connectivity index (χ1v) is 11.4. The van der Waals surface area contributed by atoms with Crippen molar-refractivity contribution < 1.29 is 4.39 Å². The molecular formula is C23H33FN6. The van der Waals surface area contributed by atoms with E-state index in [1.54, 1.807) is 12.1 Å². The van der Waals surface area contributed by atoms with E-state index in [9.17, 15) is 4.39 Å². The lowest BCUT2D eigenvalue weighted by atomic mass is 9.95. The van der Waals surface area contributed by atoms with Crippen LogP contribution in [0.4, 0.5) is 4.39 Å². The fraction of sp³-hybridized carbons (Fsp3) is 0.609. The van der Waals surface area contributed by atoms with Gasteiger partial charge in [-0.15, -0.1) is 10.2 Å². The third kappa shape index (κ3) is 4.82. The zero-order chi connectivity index (χ0) is 20.8. The molecule has 0 saturated heterocycles. The van der Waals surface area contributed by atoms with Gasteiger partial charge in [-0.2, -0.15) is 0 Å². The Hall–Kier alpha value is -2.44. The number of halogens is 1. The molecule has 2 aromatic rings. The minimum absolute atomic E-state index is 0.115. The summed E-state index contributed by atoms with van der Waals surface area (Å²) in [7, 11) is 0. The Morgan fingerprint density at radius 1 is 1.17 bits per heavy atom. The molecule has 0 bridgehead atoms. The number of aromatic nitrogens is 3. The van der Waals surface area contributed by atoms with Crippen LogP contribution in [0.15, 0.2) is 29.3 Å². The number of aryl methyl sites for hydroxylation is 2. The zero-order valence-corrected chi connectivity index (χ0v) is 18.0. The van der Waals surface area contributed by atoms with Gasteiger partial charge in [-0.1, -0.05) is 24.6 Å². The highest BCUT2D eigenvalue weighted by Crippen LogP contribution is 2.49. The summed E-state index contributed by atoms with van der Waals surface area (Å²) in [6, 6.07) is 7.11. The minimum atomic E-state index is -0.132. The summed E-state index contributed by atoms with van der Waals surface area (Å²) in [6.45, 7) is 5.34. The van der Waals surface area contributed by atoms with E-state index in [4.69, 9.17) is 4.99 Å². The standard InChI is InChI=1S/C23H33FN6/c1-2-25-22(27-17-23(13-14-23)18-9-5-6-10-19(18)24)26-15-8-12-21-29-28-20-11-4-3-7-16-30(20)21/h5-6,9-10H,2-4,7-8,11-17H2,1H3,(H2,25,26,27). The molecule has 162 valence electrons. The van der Waals surface area contributed by atoms with Crippen molar-refractivity contribution in [1.82, 2.24) is 25.4 Å². The normalized spacial score (nSPS) is 17.9. The van der Waals surface area contributed by atoms with Gasteiger partial charge in [0.15, 0.2) is 5.96 Å². The maximum Gasteiger partial charge on any atom is 0.191 e. The fourth-order valence-electron chi connectivity index (χ4n) is 4.31. The van der Waals surface area contributed by atoms with Crippen molar-refractivity contribution in [3.8, 4) is 0 Å². The molecule has 0 unspecified atom stereocenters. The Morgan fingerprint density at radius 3 is 2.83 bits per heavy atom. The predicted octanol–water partition coefficient (Wildman–Crippen LogP) is 3.36. The molecule has 6 nitrogen and oxygen atoms in total. The summed E-state index contributed by atoms with van der Waals surface area (Å²) in [5.41, 5.74) is 0.671. The molecule has 0 spiro atoms. The maximum absolute atomic E-state index is 14.2. The molecule has 1 fully saturated rings. The number of hydrogen-bond acceptors (Lipinski definition) is 3. The average molecular weight is 413 g/mol. The van der Waals surface area contributed by atoms with Crippen LogP contribution in [0.3, 0.4) is 0 Å². The highest BCUT2D eigenvalue weighted by molar-refractivity contribution is 5.79. The number of fused-ring (bicyclic) bond motifs is 1. The highest BCUT2D eigenvalue weighted by Gasteiger charge is 2.45. The summed E-state index contributed by atoms with van der Waals surface area (Å²) in [6.07, 6.45) is 8.64. The molecule has 0 radical (unpaired) electrons. The lowest BCUT2D eigenvalue weighted by Gasteiger charge is -2.16. The Labute approximate surface area is 178 Å². The zero-order valence-electron chi connectivity index (χ0n) is 18.0. The van der Waals surface area contributed by atoms with Crippen molar-refractivity contribution in [2.75, 3.05) is 19.6 Å². The van der Waals surface area contributed by atoms with E-state index < -0.39 is 0 Å². The van der Waals surface area contributed by atoms with E-state index in [1.807, 2.05) is 12.1 Å². The van der Waals surface area contributed by atoms with E-state index in [1.165, 1.54) is 19.3 Å². The number of hydrogen-bond donors (Lipinski definition) is 2. The van der Waals surface area contributed by atoms with Crippen LogP contribution < -0.4 is 10.6 Å². The minimum Gasteiger partial charge on any atom is -0.357 e. The Bertz CT molecular complexity index is 870. The van der Waals surface area contributed by atoms with Gasteiger partial charge in [0.05, 0.1) is 6.54 Å². The van der Waals surface area contributed by atoms with Crippen LogP contribution in [0, 0.1) is 5.82 Å². The molecule has 1 aromatic carbocycles. The quantitative estimate of drug-likeness (QED) is 0.396. The van der Waals surface area contributed by atoms with Crippen LogP contribution in [-0.4, -0.2) is 40.4 Å². The van der Waals surface area contributed by atoms with Crippen LogP contribution in [0.2, 0.25) is 0 Å². The number of nitrogens with zero attached hydrogens (tertiary/aromatic N) is 4. The van der Waals surface area contributed by atoms with Crippen LogP contribution in [0.1, 0.15) is 62.7 Å². The van der Waals surface area contributed by atoms with Gasteiger partial charge in [0, 0.05) is 37.9 Å². The molecule has 0 amide bonds. The first-order valence-electron chi connectivity index (χ1n) is 11.4. The average Bonchev–Trinajstić information content (AvgIpc) is 3.50. The van der Waals surface area contributed by atoms with Crippen LogP contribution in [-0.2, 0) is 24.8 Å². The van der Waals surface area contributed by atoms with Gasteiger partial charge in [0.1, 0.15) is 17.5 Å². The van der Waals surface area contributed by atoms with Crippen molar-refractivity contribution in [1.29, 1.82) is 0 Å². The van der Waals surface area contributed by atoms with Crippen molar-refractivity contribution in [3.63, 3.8) is 0 Å². The van der Waals surface area contributed by atoms with E-state index in [-0.39, 0.29) is 11.2 Å². The largest absolute Gasteiger partial charge is 0.357 e. The van der Waals surface area contributed by atoms with Crippen molar-refractivity contribution in [3.05, 3.63) is 47.3 Å². The third-order valence-electron chi connectivity index (χ3n) is 6.24. The number of guanidine groups is 1. The molecule has 4 rings (SSSR count). The molecule has 1 aliphatic carbocycles. The van der Waals surface area contributed by atoms with Gasteiger partial charge in [0.2, 0.25) is 0 Å². The SMILES string of the molecule is CCNC(=NCC1(c2ccccc2F)CC1)NCCCc1nnc2n1CCCCC2. The lowest BCUT2D eigenvalue weighted by molar-refractivity contribution is 0.571. The van der Waals surface area contributed by atoms with Crippen LogP contribution >= 0.6 is 0 Å². The van der Waals surface area contributed by atoms with Crippen LogP contribution in [0.25, 0.3) is 0 Å². The molecule has 1 aromatic heterocycles. The smallest absolute Gasteiger partial charge is 0.191 e. The summed E-state index contributed by atoms with van der Waals surface area (Å²) in [4.78, 5) is 4.78. The number of benzene rings is 1. The second-order valence-electron chi connectivity index (χ2n) is 8.48. The lowest BCUT2D eigenvalue weighted by Crippen LogP contribution is -2.38. The molecule has 2 heterocycles. The molecule has 1 saturated carbocycles. The Kier molecular flexibility index (Phi) is 6.65. The highest BCUT2D eigenvalue weighted by atomic mass is 19.1. The van der Waals surface area contributed by atoms with E-state index in [0.717, 1.165) is 74.9 Å². The van der Waals surface area contributed by atoms with Gasteiger partial charge < -0.3 is 15.2 Å². The number of nitrogens with one attached hydrogen (secondary N) is 2. The molecule has 30 heavy (non-hydrogen) atoms. The van der Waals surface area contributed by atoms with E-state index in [2.05, 4.69) is 32.3 Å². The van der Waals surface area contributed by atoms with Gasteiger partial charge in [-0.25, -0.2) is 4.39 Å². The Balaban J connectivity index is 1.30. The second kappa shape index (κ2) is 9.58. The first-order chi connectivity index (χ1) is 14.7. The Morgan fingerprint density at radius 2 is 2.03 bits per heavy atom. The second-order valence-corrected chi connectivity index (χ2v) is 8.48. The van der Waals surface area contributed by atoms with Crippen LogP contribution in [0.5, 0.6) is 0 Å². The number of aliphatic imine (C=N–C) groups is 1. The molecule has 7 heteroatoms. The maximum atomic E-state index is 14.2.